The molecule has 18 heavy (non-hydrogen) atoms. The molecule has 1 aromatic rings. The largest absolute Gasteiger partial charge is 0.397 e. The van der Waals surface area contributed by atoms with E-state index < -0.39 is 5.91 Å². The van der Waals surface area contributed by atoms with E-state index in [0.29, 0.717) is 17.3 Å². The molecule has 1 amide bonds. The zero-order valence-corrected chi connectivity index (χ0v) is 10.8. The van der Waals surface area contributed by atoms with Crippen LogP contribution in [0.2, 0.25) is 0 Å². The molecule has 0 saturated heterocycles. The second-order valence-corrected chi connectivity index (χ2v) is 5.28. The molecule has 1 fully saturated rings. The Morgan fingerprint density at radius 3 is 2.78 bits per heavy atom. The van der Waals surface area contributed by atoms with Gasteiger partial charge in [0, 0.05) is 11.6 Å². The van der Waals surface area contributed by atoms with Crippen LogP contribution in [-0.2, 0) is 0 Å². The standard InChI is InChI=1S/C14H21N3O/c1-9-3-2-4-11(7-9)17-13-6-5-10(14(16)18)8-12(13)15/h5-6,8-9,11,17H,2-4,7,15H2,1H3,(H2,16,18). The number of anilines is 2. The van der Waals surface area contributed by atoms with E-state index in [1.165, 1.54) is 25.7 Å². The molecule has 0 heterocycles. The monoisotopic (exact) mass is 247 g/mol. The smallest absolute Gasteiger partial charge is 0.248 e. The van der Waals surface area contributed by atoms with Gasteiger partial charge in [-0.1, -0.05) is 19.8 Å². The van der Waals surface area contributed by atoms with Gasteiger partial charge in [0.15, 0.2) is 0 Å². The first-order valence-electron chi connectivity index (χ1n) is 6.52. The first-order chi connectivity index (χ1) is 8.56. The van der Waals surface area contributed by atoms with Crippen LogP contribution in [0.1, 0.15) is 43.0 Å². The van der Waals surface area contributed by atoms with Gasteiger partial charge in [-0.25, -0.2) is 0 Å². The maximum Gasteiger partial charge on any atom is 0.248 e. The second-order valence-electron chi connectivity index (χ2n) is 5.28. The highest BCUT2D eigenvalue weighted by Crippen LogP contribution is 2.28. The van der Waals surface area contributed by atoms with Crippen LogP contribution in [-0.4, -0.2) is 11.9 Å². The lowest BCUT2D eigenvalue weighted by Gasteiger charge is -2.28. The van der Waals surface area contributed by atoms with Crippen LogP contribution in [0.3, 0.4) is 0 Å². The third-order valence-corrected chi connectivity index (χ3v) is 3.63. The minimum Gasteiger partial charge on any atom is -0.397 e. The van der Waals surface area contributed by atoms with E-state index in [9.17, 15) is 4.79 Å². The number of primary amides is 1. The van der Waals surface area contributed by atoms with Gasteiger partial charge in [-0.15, -0.1) is 0 Å². The van der Waals surface area contributed by atoms with Crippen LogP contribution in [0.15, 0.2) is 18.2 Å². The van der Waals surface area contributed by atoms with Crippen molar-refractivity contribution >= 4 is 17.3 Å². The van der Waals surface area contributed by atoms with E-state index in [0.717, 1.165) is 11.6 Å². The molecule has 0 spiro atoms. The first-order valence-corrected chi connectivity index (χ1v) is 6.52. The molecule has 0 bridgehead atoms. The molecule has 1 aliphatic rings. The number of hydrogen-bond acceptors (Lipinski definition) is 3. The van der Waals surface area contributed by atoms with Crippen molar-refractivity contribution in [3.63, 3.8) is 0 Å². The molecule has 1 aromatic carbocycles. The number of nitrogens with two attached hydrogens (primary N) is 2. The number of amides is 1. The minimum atomic E-state index is -0.445. The minimum absolute atomic E-state index is 0.445. The Kier molecular flexibility index (Phi) is 3.75. The number of carbonyl (C=O) groups excluding carboxylic acids is 1. The summed E-state index contributed by atoms with van der Waals surface area (Å²) >= 11 is 0. The van der Waals surface area contributed by atoms with Crippen molar-refractivity contribution in [2.24, 2.45) is 11.7 Å². The molecule has 98 valence electrons. The summed E-state index contributed by atoms with van der Waals surface area (Å²) in [7, 11) is 0. The number of hydrogen-bond donors (Lipinski definition) is 3. The summed E-state index contributed by atoms with van der Waals surface area (Å²) in [6.07, 6.45) is 4.94. The lowest BCUT2D eigenvalue weighted by Crippen LogP contribution is -2.26. The van der Waals surface area contributed by atoms with Crippen LogP contribution in [0.25, 0.3) is 0 Å². The number of carbonyl (C=O) groups is 1. The fourth-order valence-electron chi connectivity index (χ4n) is 2.63. The van der Waals surface area contributed by atoms with E-state index in [4.69, 9.17) is 11.5 Å². The summed E-state index contributed by atoms with van der Waals surface area (Å²) in [6.45, 7) is 2.29. The van der Waals surface area contributed by atoms with Crippen LogP contribution < -0.4 is 16.8 Å². The summed E-state index contributed by atoms with van der Waals surface area (Å²) < 4.78 is 0. The molecule has 1 aliphatic carbocycles. The van der Waals surface area contributed by atoms with Gasteiger partial charge in [-0.3, -0.25) is 4.79 Å². The van der Waals surface area contributed by atoms with Gasteiger partial charge in [0.05, 0.1) is 11.4 Å². The predicted octanol–water partition coefficient (Wildman–Crippen LogP) is 2.36. The maximum atomic E-state index is 11.0. The predicted molar refractivity (Wildman–Crippen MR) is 74.4 cm³/mol. The molecular formula is C14H21N3O. The average molecular weight is 247 g/mol. The Morgan fingerprint density at radius 1 is 1.39 bits per heavy atom. The summed E-state index contributed by atoms with van der Waals surface area (Å²) in [5.74, 6) is 0.321. The second kappa shape index (κ2) is 5.29. The molecule has 4 nitrogen and oxygen atoms in total. The van der Waals surface area contributed by atoms with Crippen molar-refractivity contribution in [3.8, 4) is 0 Å². The summed E-state index contributed by atoms with van der Waals surface area (Å²) in [4.78, 5) is 11.0. The third kappa shape index (κ3) is 2.94. The number of nitrogens with one attached hydrogen (secondary N) is 1. The number of rotatable bonds is 3. The quantitative estimate of drug-likeness (QED) is 0.717. The van der Waals surface area contributed by atoms with Crippen molar-refractivity contribution in [1.82, 2.24) is 0 Å². The lowest BCUT2D eigenvalue weighted by atomic mass is 9.87. The van der Waals surface area contributed by atoms with Gasteiger partial charge < -0.3 is 16.8 Å². The van der Waals surface area contributed by atoms with E-state index in [-0.39, 0.29) is 0 Å². The molecule has 2 unspecified atom stereocenters. The first kappa shape index (κ1) is 12.7. The van der Waals surface area contributed by atoms with Crippen molar-refractivity contribution in [2.45, 2.75) is 38.6 Å². The van der Waals surface area contributed by atoms with Crippen LogP contribution in [0.5, 0.6) is 0 Å². The van der Waals surface area contributed by atoms with Gasteiger partial charge in [-0.05, 0) is 37.0 Å². The average Bonchev–Trinajstić information content (AvgIpc) is 2.31. The molecule has 2 rings (SSSR count). The van der Waals surface area contributed by atoms with Crippen LogP contribution in [0.4, 0.5) is 11.4 Å². The Bertz CT molecular complexity index is 445. The highest BCUT2D eigenvalue weighted by Gasteiger charge is 2.19. The Hall–Kier alpha value is -1.71. The van der Waals surface area contributed by atoms with Crippen molar-refractivity contribution in [2.75, 3.05) is 11.1 Å². The fourth-order valence-corrected chi connectivity index (χ4v) is 2.63. The van der Waals surface area contributed by atoms with Gasteiger partial charge in [-0.2, -0.15) is 0 Å². The molecule has 5 N–H and O–H groups in total. The number of benzene rings is 1. The Labute approximate surface area is 108 Å². The number of nitrogen functional groups attached to an aromatic ring is 1. The van der Waals surface area contributed by atoms with E-state index in [1.54, 1.807) is 12.1 Å². The van der Waals surface area contributed by atoms with Crippen molar-refractivity contribution in [1.29, 1.82) is 0 Å². The molecule has 1 saturated carbocycles. The molecular weight excluding hydrogens is 226 g/mol. The topological polar surface area (TPSA) is 81.1 Å². The van der Waals surface area contributed by atoms with Crippen molar-refractivity contribution in [3.05, 3.63) is 23.8 Å². The zero-order chi connectivity index (χ0) is 13.1. The zero-order valence-electron chi connectivity index (χ0n) is 10.8. The SMILES string of the molecule is CC1CCCC(Nc2ccc(C(N)=O)cc2N)C1. The molecule has 0 radical (unpaired) electrons. The van der Waals surface area contributed by atoms with Crippen LogP contribution >= 0.6 is 0 Å². The Balaban J connectivity index is 2.07. The van der Waals surface area contributed by atoms with E-state index >= 15 is 0 Å². The van der Waals surface area contributed by atoms with Crippen molar-refractivity contribution < 1.29 is 4.79 Å². The van der Waals surface area contributed by atoms with Crippen LogP contribution in [0, 0.1) is 5.92 Å². The normalized spacial score (nSPS) is 23.6. The third-order valence-electron chi connectivity index (χ3n) is 3.63. The van der Waals surface area contributed by atoms with Gasteiger partial charge in [0.2, 0.25) is 5.91 Å². The maximum absolute atomic E-state index is 11.0. The Morgan fingerprint density at radius 2 is 2.17 bits per heavy atom. The molecule has 2 atom stereocenters. The summed E-state index contributed by atoms with van der Waals surface area (Å²) in [5, 5.41) is 3.47. The van der Waals surface area contributed by atoms with Gasteiger partial charge in [0.1, 0.15) is 0 Å². The van der Waals surface area contributed by atoms with E-state index in [2.05, 4.69) is 12.2 Å². The molecule has 0 aliphatic heterocycles. The lowest BCUT2D eigenvalue weighted by molar-refractivity contribution is 0.100. The summed E-state index contributed by atoms with van der Waals surface area (Å²) in [6, 6.07) is 5.68. The van der Waals surface area contributed by atoms with E-state index in [1.807, 2.05) is 6.07 Å². The van der Waals surface area contributed by atoms with Gasteiger partial charge >= 0.3 is 0 Å². The fraction of sp³-hybridized carbons (Fsp3) is 0.500. The molecule has 4 heteroatoms. The van der Waals surface area contributed by atoms with Gasteiger partial charge in [0.25, 0.3) is 0 Å². The highest BCUT2D eigenvalue weighted by atomic mass is 16.1. The molecule has 0 aromatic heterocycles. The highest BCUT2D eigenvalue weighted by molar-refractivity contribution is 5.94. The summed E-state index contributed by atoms with van der Waals surface area (Å²) in [5.41, 5.74) is 13.1.